The molecule has 0 saturated heterocycles. The topological polar surface area (TPSA) is 23.8 Å². The van der Waals surface area contributed by atoms with Crippen LogP contribution in [-0.4, -0.2) is 0 Å². The van der Waals surface area contributed by atoms with E-state index in [0.29, 0.717) is 5.56 Å². The molecule has 9 rings (SSSR count). The van der Waals surface area contributed by atoms with Crippen molar-refractivity contribution in [2.75, 3.05) is 0 Å². The first-order valence-corrected chi connectivity index (χ1v) is 16.2. The van der Waals surface area contributed by atoms with Crippen LogP contribution < -0.4 is 0 Å². The summed E-state index contributed by atoms with van der Waals surface area (Å²) >= 11 is 0. The van der Waals surface area contributed by atoms with Crippen LogP contribution in [0.2, 0.25) is 0 Å². The molecule has 0 N–H and O–H groups in total. The van der Waals surface area contributed by atoms with Gasteiger partial charge in [0.05, 0.1) is 11.6 Å². The first-order chi connectivity index (χ1) is 23.0. The van der Waals surface area contributed by atoms with Gasteiger partial charge in [0.1, 0.15) is 0 Å². The van der Waals surface area contributed by atoms with Gasteiger partial charge in [-0.15, -0.1) is 0 Å². The number of fused-ring (bicyclic) bond motifs is 6. The second-order valence-corrected chi connectivity index (χ2v) is 13.2. The minimum atomic E-state index is -0.0932. The SMILES string of the molecule is CC1(C)c2ccccc2-c2ccc(-c3c4ccccc4c(-c4ccc(C#N)cc4)c4ccc(-c5cccc6ccccc56)cc34)cc21. The van der Waals surface area contributed by atoms with Gasteiger partial charge in [0.15, 0.2) is 0 Å². The molecule has 0 atom stereocenters. The molecule has 1 nitrogen and oxygen atoms in total. The van der Waals surface area contributed by atoms with Crippen molar-refractivity contribution in [3.63, 3.8) is 0 Å². The number of hydrogen-bond acceptors (Lipinski definition) is 1. The molecule has 47 heavy (non-hydrogen) atoms. The summed E-state index contributed by atoms with van der Waals surface area (Å²) in [6.07, 6.45) is 0. The van der Waals surface area contributed by atoms with Crippen LogP contribution in [0.3, 0.4) is 0 Å². The van der Waals surface area contributed by atoms with E-state index in [2.05, 4.69) is 159 Å². The third-order valence-corrected chi connectivity index (χ3v) is 10.3. The Hall–Kier alpha value is -5.97. The molecule has 0 spiro atoms. The second kappa shape index (κ2) is 10.3. The van der Waals surface area contributed by atoms with Gasteiger partial charge in [-0.1, -0.05) is 141 Å². The van der Waals surface area contributed by atoms with Crippen LogP contribution in [-0.2, 0) is 5.41 Å². The normalized spacial score (nSPS) is 13.0. The largest absolute Gasteiger partial charge is 0.192 e. The minimum Gasteiger partial charge on any atom is -0.192 e. The highest BCUT2D eigenvalue weighted by atomic mass is 14.4. The Morgan fingerprint density at radius 2 is 1.00 bits per heavy atom. The second-order valence-electron chi connectivity index (χ2n) is 13.2. The molecule has 0 heterocycles. The van der Waals surface area contributed by atoms with Crippen molar-refractivity contribution in [2.24, 2.45) is 0 Å². The number of benzene rings is 8. The zero-order chi connectivity index (χ0) is 31.7. The highest BCUT2D eigenvalue weighted by Crippen LogP contribution is 2.51. The number of nitrogens with zero attached hydrogens (tertiary/aromatic N) is 1. The molecule has 0 unspecified atom stereocenters. The van der Waals surface area contributed by atoms with Crippen LogP contribution in [0.4, 0.5) is 0 Å². The first-order valence-electron chi connectivity index (χ1n) is 16.2. The molecule has 0 aromatic heterocycles. The molecule has 1 aliphatic carbocycles. The molecule has 1 heteroatoms. The lowest BCUT2D eigenvalue weighted by atomic mass is 9.80. The van der Waals surface area contributed by atoms with Crippen LogP contribution >= 0.6 is 0 Å². The summed E-state index contributed by atoms with van der Waals surface area (Å²) < 4.78 is 0. The fourth-order valence-electron chi connectivity index (χ4n) is 8.02. The summed E-state index contributed by atoms with van der Waals surface area (Å²) in [5.74, 6) is 0. The van der Waals surface area contributed by atoms with E-state index in [1.165, 1.54) is 82.4 Å². The van der Waals surface area contributed by atoms with E-state index in [4.69, 9.17) is 0 Å². The van der Waals surface area contributed by atoms with Crippen molar-refractivity contribution in [3.05, 3.63) is 168 Å². The van der Waals surface area contributed by atoms with Gasteiger partial charge >= 0.3 is 0 Å². The summed E-state index contributed by atoms with van der Waals surface area (Å²) in [4.78, 5) is 0. The molecule has 1 aliphatic rings. The molecular weight excluding hydrogens is 567 g/mol. The zero-order valence-corrected chi connectivity index (χ0v) is 26.4. The maximum absolute atomic E-state index is 9.53. The minimum absolute atomic E-state index is 0.0932. The van der Waals surface area contributed by atoms with Crippen molar-refractivity contribution in [2.45, 2.75) is 19.3 Å². The number of rotatable bonds is 3. The predicted octanol–water partition coefficient (Wildman–Crippen LogP) is 12.3. The van der Waals surface area contributed by atoms with E-state index in [0.717, 1.165) is 5.56 Å². The summed E-state index contributed by atoms with van der Waals surface area (Å²) in [6, 6.07) is 57.3. The van der Waals surface area contributed by atoms with Gasteiger partial charge in [0.2, 0.25) is 0 Å². The molecule has 0 radical (unpaired) electrons. The highest BCUT2D eigenvalue weighted by molar-refractivity contribution is 6.22. The Morgan fingerprint density at radius 1 is 0.426 bits per heavy atom. The quantitative estimate of drug-likeness (QED) is 0.186. The van der Waals surface area contributed by atoms with Crippen LogP contribution in [0.25, 0.3) is 76.8 Å². The van der Waals surface area contributed by atoms with Crippen LogP contribution in [0.5, 0.6) is 0 Å². The third kappa shape index (κ3) is 4.09. The summed E-state index contributed by atoms with van der Waals surface area (Å²) in [7, 11) is 0. The van der Waals surface area contributed by atoms with Gasteiger partial charge < -0.3 is 0 Å². The predicted molar refractivity (Wildman–Crippen MR) is 198 cm³/mol. The average Bonchev–Trinajstić information content (AvgIpc) is 3.35. The summed E-state index contributed by atoms with van der Waals surface area (Å²) in [5.41, 5.74) is 13.2. The van der Waals surface area contributed by atoms with E-state index in [9.17, 15) is 5.26 Å². The first kappa shape index (κ1) is 27.3. The molecule has 8 aromatic rings. The van der Waals surface area contributed by atoms with E-state index < -0.39 is 0 Å². The molecular formula is C46H31N. The van der Waals surface area contributed by atoms with Gasteiger partial charge in [0, 0.05) is 5.41 Å². The van der Waals surface area contributed by atoms with Crippen molar-refractivity contribution in [3.8, 4) is 50.6 Å². The Kier molecular flexibility index (Phi) is 5.98. The van der Waals surface area contributed by atoms with Gasteiger partial charge in [-0.25, -0.2) is 0 Å². The van der Waals surface area contributed by atoms with E-state index in [-0.39, 0.29) is 5.41 Å². The van der Waals surface area contributed by atoms with Crippen LogP contribution in [0, 0.1) is 11.3 Å². The molecule has 0 fully saturated rings. The zero-order valence-electron chi connectivity index (χ0n) is 26.4. The summed E-state index contributed by atoms with van der Waals surface area (Å²) in [5, 5.41) is 16.9. The van der Waals surface area contributed by atoms with Gasteiger partial charge in [0.25, 0.3) is 0 Å². The molecule has 0 bridgehead atoms. The standard InChI is InChI=1S/C46H31N/c1-46(2)42-17-8-7-13-36(42)37-24-23-33(27-43(37)46)45-39-15-6-5-14-38(39)44(31-20-18-29(28-47)19-21-31)40-25-22-32(26-41(40)45)35-16-9-11-30-10-3-4-12-34(30)35/h3-27H,1-2H3. The molecule has 0 aliphatic heterocycles. The molecule has 0 amide bonds. The van der Waals surface area contributed by atoms with E-state index in [1.54, 1.807) is 0 Å². The fourth-order valence-corrected chi connectivity index (χ4v) is 8.02. The van der Waals surface area contributed by atoms with Crippen molar-refractivity contribution in [1.29, 1.82) is 5.26 Å². The molecule has 8 aromatic carbocycles. The van der Waals surface area contributed by atoms with Gasteiger partial charge in [-0.2, -0.15) is 5.26 Å². The lowest BCUT2D eigenvalue weighted by Crippen LogP contribution is -2.14. The van der Waals surface area contributed by atoms with E-state index in [1.807, 2.05) is 12.1 Å². The van der Waals surface area contributed by atoms with Crippen LogP contribution in [0.15, 0.2) is 152 Å². The molecule has 0 saturated carbocycles. The van der Waals surface area contributed by atoms with Crippen molar-refractivity contribution in [1.82, 2.24) is 0 Å². The number of hydrogen-bond donors (Lipinski definition) is 0. The van der Waals surface area contributed by atoms with Crippen LogP contribution in [0.1, 0.15) is 30.5 Å². The lowest BCUT2D eigenvalue weighted by molar-refractivity contribution is 0.660. The van der Waals surface area contributed by atoms with E-state index >= 15 is 0 Å². The molecule has 220 valence electrons. The monoisotopic (exact) mass is 597 g/mol. The Morgan fingerprint density at radius 3 is 1.79 bits per heavy atom. The van der Waals surface area contributed by atoms with Gasteiger partial charge in [-0.05, 0) is 112 Å². The summed E-state index contributed by atoms with van der Waals surface area (Å²) in [6.45, 7) is 4.70. The third-order valence-electron chi connectivity index (χ3n) is 10.3. The Labute approximate surface area is 275 Å². The van der Waals surface area contributed by atoms with Crippen molar-refractivity contribution >= 4 is 32.3 Å². The van der Waals surface area contributed by atoms with Crippen molar-refractivity contribution < 1.29 is 0 Å². The maximum atomic E-state index is 9.53. The lowest BCUT2D eigenvalue weighted by Gasteiger charge is -2.23. The highest BCUT2D eigenvalue weighted by Gasteiger charge is 2.35. The smallest absolute Gasteiger partial charge is 0.0991 e. The Bertz CT molecular complexity index is 2590. The van der Waals surface area contributed by atoms with Gasteiger partial charge in [-0.3, -0.25) is 0 Å². The maximum Gasteiger partial charge on any atom is 0.0991 e. The number of nitriles is 1. The average molecular weight is 598 g/mol. The Balaban J connectivity index is 1.39. The fraction of sp³-hybridized carbons (Fsp3) is 0.0652.